The van der Waals surface area contributed by atoms with Crippen molar-refractivity contribution in [3.63, 3.8) is 0 Å². The quantitative estimate of drug-likeness (QED) is 0.747. The number of likely N-dealkylation sites (tertiary alicyclic amines) is 1. The Labute approximate surface area is 143 Å². The highest BCUT2D eigenvalue weighted by molar-refractivity contribution is 6.21. The number of nitrogens with zero attached hydrogens (tertiary/aromatic N) is 2. The summed E-state index contributed by atoms with van der Waals surface area (Å²) < 4.78 is 0. The number of imide groups is 1. The maximum atomic E-state index is 12.3. The number of benzene rings is 1. The van der Waals surface area contributed by atoms with Crippen LogP contribution in [0, 0.1) is 5.92 Å². The number of amides is 2. The first-order valence-electron chi connectivity index (χ1n) is 8.05. The molecular weight excluding hydrogens is 328 g/mol. The standard InChI is InChI=1S/C17H18N2O6/c20-14-11-3-1-2-4-12(11)15(21)19(14)8-7-18-9-10(16(22)23)5-6-13(18)17(24)25/h1-4,10,13H,5-9H2,(H,22,23)(H,24,25)/t10-,13-/m1/s1. The smallest absolute Gasteiger partial charge is 0.320 e. The van der Waals surface area contributed by atoms with Crippen molar-refractivity contribution in [2.75, 3.05) is 19.6 Å². The Bertz CT molecular complexity index is 711. The van der Waals surface area contributed by atoms with Crippen LogP contribution in [-0.2, 0) is 9.59 Å². The molecule has 0 spiro atoms. The summed E-state index contributed by atoms with van der Waals surface area (Å²) in [6, 6.07) is 5.71. The third-order valence-electron chi connectivity index (χ3n) is 4.81. The molecule has 2 atom stereocenters. The lowest BCUT2D eigenvalue weighted by Crippen LogP contribution is -2.51. The molecule has 0 bridgehead atoms. The lowest BCUT2D eigenvalue weighted by molar-refractivity contribution is -0.151. The number of aliphatic carboxylic acids is 2. The average molecular weight is 346 g/mol. The van der Waals surface area contributed by atoms with E-state index in [9.17, 15) is 29.4 Å². The summed E-state index contributed by atoms with van der Waals surface area (Å²) in [6.07, 6.45) is 0.532. The van der Waals surface area contributed by atoms with Crippen LogP contribution in [0.2, 0.25) is 0 Å². The largest absolute Gasteiger partial charge is 0.481 e. The minimum absolute atomic E-state index is 0.0302. The maximum absolute atomic E-state index is 12.3. The molecule has 1 fully saturated rings. The number of rotatable bonds is 5. The fraction of sp³-hybridized carbons (Fsp3) is 0.412. The van der Waals surface area contributed by atoms with Crippen LogP contribution in [0.4, 0.5) is 0 Å². The van der Waals surface area contributed by atoms with Gasteiger partial charge in [0.05, 0.1) is 17.0 Å². The van der Waals surface area contributed by atoms with Crippen molar-refractivity contribution in [3.05, 3.63) is 35.4 Å². The molecule has 2 heterocycles. The van der Waals surface area contributed by atoms with Gasteiger partial charge in [-0.25, -0.2) is 0 Å². The first-order valence-corrected chi connectivity index (χ1v) is 8.05. The fourth-order valence-electron chi connectivity index (χ4n) is 3.44. The van der Waals surface area contributed by atoms with E-state index >= 15 is 0 Å². The van der Waals surface area contributed by atoms with Gasteiger partial charge in [-0.2, -0.15) is 0 Å². The van der Waals surface area contributed by atoms with Gasteiger partial charge in [0, 0.05) is 19.6 Å². The molecule has 8 nitrogen and oxygen atoms in total. The van der Waals surface area contributed by atoms with Gasteiger partial charge in [0.2, 0.25) is 0 Å². The number of piperidine rings is 1. The van der Waals surface area contributed by atoms with E-state index in [1.54, 1.807) is 24.3 Å². The second-order valence-corrected chi connectivity index (χ2v) is 6.27. The summed E-state index contributed by atoms with van der Waals surface area (Å²) >= 11 is 0. The number of fused-ring (bicyclic) bond motifs is 1. The Morgan fingerprint density at radius 3 is 2.08 bits per heavy atom. The summed E-state index contributed by atoms with van der Waals surface area (Å²) in [5.41, 5.74) is 0.675. The zero-order chi connectivity index (χ0) is 18.1. The highest BCUT2D eigenvalue weighted by atomic mass is 16.4. The molecule has 0 aromatic heterocycles. The van der Waals surface area contributed by atoms with E-state index in [1.807, 2.05) is 0 Å². The van der Waals surface area contributed by atoms with Gasteiger partial charge in [0.1, 0.15) is 6.04 Å². The third kappa shape index (κ3) is 3.12. The molecular formula is C17H18N2O6. The molecule has 0 unspecified atom stereocenters. The molecule has 3 rings (SSSR count). The van der Waals surface area contributed by atoms with Gasteiger partial charge in [-0.05, 0) is 25.0 Å². The van der Waals surface area contributed by atoms with E-state index < -0.39 is 35.7 Å². The minimum atomic E-state index is -1.02. The van der Waals surface area contributed by atoms with Crippen molar-refractivity contribution in [1.29, 1.82) is 0 Å². The monoisotopic (exact) mass is 346 g/mol. The molecule has 0 saturated carbocycles. The maximum Gasteiger partial charge on any atom is 0.320 e. The molecule has 0 aliphatic carbocycles. The molecule has 132 valence electrons. The minimum Gasteiger partial charge on any atom is -0.481 e. The zero-order valence-electron chi connectivity index (χ0n) is 13.4. The van der Waals surface area contributed by atoms with E-state index in [0.29, 0.717) is 17.5 Å². The lowest BCUT2D eigenvalue weighted by atomic mass is 9.93. The molecule has 8 heteroatoms. The SMILES string of the molecule is O=C(O)[C@@H]1CC[C@H](C(=O)O)N(CCN2C(=O)c3ccccc3C2=O)C1. The molecule has 2 N–H and O–H groups in total. The van der Waals surface area contributed by atoms with Crippen molar-refractivity contribution >= 4 is 23.8 Å². The molecule has 0 radical (unpaired) electrons. The van der Waals surface area contributed by atoms with Crippen molar-refractivity contribution < 1.29 is 29.4 Å². The molecule has 2 aliphatic heterocycles. The highest BCUT2D eigenvalue weighted by Crippen LogP contribution is 2.25. The van der Waals surface area contributed by atoms with Crippen molar-refractivity contribution in [2.45, 2.75) is 18.9 Å². The van der Waals surface area contributed by atoms with Gasteiger partial charge >= 0.3 is 11.9 Å². The van der Waals surface area contributed by atoms with Gasteiger partial charge in [0.25, 0.3) is 11.8 Å². The Morgan fingerprint density at radius 2 is 1.56 bits per heavy atom. The molecule has 2 aliphatic rings. The van der Waals surface area contributed by atoms with Crippen molar-refractivity contribution in [2.24, 2.45) is 5.92 Å². The lowest BCUT2D eigenvalue weighted by Gasteiger charge is -2.36. The topological polar surface area (TPSA) is 115 Å². The summed E-state index contributed by atoms with van der Waals surface area (Å²) in [6.45, 7) is 0.254. The summed E-state index contributed by atoms with van der Waals surface area (Å²) in [7, 11) is 0. The van der Waals surface area contributed by atoms with Crippen LogP contribution in [0.1, 0.15) is 33.6 Å². The number of carbonyl (C=O) groups is 4. The van der Waals surface area contributed by atoms with Crippen molar-refractivity contribution in [3.8, 4) is 0 Å². The van der Waals surface area contributed by atoms with Gasteiger partial charge in [-0.3, -0.25) is 29.0 Å². The van der Waals surface area contributed by atoms with Gasteiger partial charge in [-0.1, -0.05) is 12.1 Å². The van der Waals surface area contributed by atoms with E-state index in [0.717, 1.165) is 4.90 Å². The predicted molar refractivity (Wildman–Crippen MR) is 85.2 cm³/mol. The van der Waals surface area contributed by atoms with E-state index in [1.165, 1.54) is 4.90 Å². The molecule has 2 amide bonds. The zero-order valence-corrected chi connectivity index (χ0v) is 13.4. The Kier molecular flexibility index (Phi) is 4.54. The second-order valence-electron chi connectivity index (χ2n) is 6.27. The van der Waals surface area contributed by atoms with Crippen molar-refractivity contribution in [1.82, 2.24) is 9.80 Å². The van der Waals surface area contributed by atoms with E-state index in [4.69, 9.17) is 0 Å². The van der Waals surface area contributed by atoms with Crippen LogP contribution in [-0.4, -0.2) is 69.4 Å². The van der Waals surface area contributed by atoms with Crippen LogP contribution in [0.25, 0.3) is 0 Å². The second kappa shape index (κ2) is 6.64. The van der Waals surface area contributed by atoms with Crippen LogP contribution < -0.4 is 0 Å². The first kappa shape index (κ1) is 17.1. The Hall–Kier alpha value is -2.74. The first-order chi connectivity index (χ1) is 11.9. The normalized spacial score (nSPS) is 23.6. The Balaban J connectivity index is 1.71. The molecule has 25 heavy (non-hydrogen) atoms. The van der Waals surface area contributed by atoms with Gasteiger partial charge in [-0.15, -0.1) is 0 Å². The predicted octanol–water partition coefficient (Wildman–Crippen LogP) is 0.532. The number of hydrogen-bond donors (Lipinski definition) is 2. The van der Waals surface area contributed by atoms with Crippen LogP contribution in [0.15, 0.2) is 24.3 Å². The molecule has 1 saturated heterocycles. The number of hydrogen-bond acceptors (Lipinski definition) is 5. The van der Waals surface area contributed by atoms with E-state index in [2.05, 4.69) is 0 Å². The summed E-state index contributed by atoms with van der Waals surface area (Å²) in [5, 5.41) is 18.5. The summed E-state index contributed by atoms with van der Waals surface area (Å²) in [4.78, 5) is 49.9. The van der Waals surface area contributed by atoms with Gasteiger partial charge < -0.3 is 10.2 Å². The van der Waals surface area contributed by atoms with Gasteiger partial charge in [0.15, 0.2) is 0 Å². The summed E-state index contributed by atoms with van der Waals surface area (Å²) in [5.74, 6) is -3.43. The molecule has 1 aromatic carbocycles. The molecule has 1 aromatic rings. The third-order valence-corrected chi connectivity index (χ3v) is 4.81. The fourth-order valence-corrected chi connectivity index (χ4v) is 3.44. The number of carboxylic acids is 2. The van der Waals surface area contributed by atoms with Crippen LogP contribution in [0.3, 0.4) is 0 Å². The average Bonchev–Trinajstić information content (AvgIpc) is 2.84. The van der Waals surface area contributed by atoms with Crippen LogP contribution >= 0.6 is 0 Å². The van der Waals surface area contributed by atoms with E-state index in [-0.39, 0.29) is 26.1 Å². The highest BCUT2D eigenvalue weighted by Gasteiger charge is 2.38. The van der Waals surface area contributed by atoms with Crippen LogP contribution in [0.5, 0.6) is 0 Å². The Morgan fingerprint density at radius 1 is 0.960 bits per heavy atom. The number of carbonyl (C=O) groups excluding carboxylic acids is 2. The number of carboxylic acid groups (broad SMARTS) is 2.